The van der Waals surface area contributed by atoms with Gasteiger partial charge >= 0.3 is 0 Å². The zero-order valence-corrected chi connectivity index (χ0v) is 13.5. The molecule has 112 valence electrons. The van der Waals surface area contributed by atoms with E-state index in [1.54, 1.807) is 0 Å². The van der Waals surface area contributed by atoms with Gasteiger partial charge in [-0.05, 0) is 37.8 Å². The first-order valence-corrected chi connectivity index (χ1v) is 7.38. The fourth-order valence-electron chi connectivity index (χ4n) is 2.15. The molecule has 21 heavy (non-hydrogen) atoms. The molecule has 2 rings (SSSR count). The van der Waals surface area contributed by atoms with Crippen molar-refractivity contribution in [2.24, 2.45) is 5.92 Å². The maximum atomic E-state index is 4.55. The highest BCUT2D eigenvalue weighted by Gasteiger charge is 2.06. The number of para-hydroxylation sites is 1. The van der Waals surface area contributed by atoms with Crippen LogP contribution in [-0.4, -0.2) is 16.5 Å². The van der Waals surface area contributed by atoms with Crippen LogP contribution >= 0.6 is 0 Å². The van der Waals surface area contributed by atoms with Gasteiger partial charge in [-0.15, -0.1) is 0 Å². The van der Waals surface area contributed by atoms with Crippen LogP contribution in [0.15, 0.2) is 24.3 Å². The van der Waals surface area contributed by atoms with E-state index in [0.717, 1.165) is 23.7 Å². The number of rotatable bonds is 5. The number of nitrogens with one attached hydrogen (secondary N) is 2. The molecule has 0 amide bonds. The van der Waals surface area contributed by atoms with Crippen molar-refractivity contribution >= 4 is 17.5 Å². The van der Waals surface area contributed by atoms with Crippen LogP contribution in [0.3, 0.4) is 0 Å². The summed E-state index contributed by atoms with van der Waals surface area (Å²) < 4.78 is 0. The monoisotopic (exact) mass is 284 g/mol. The minimum atomic E-state index is 0.559. The fraction of sp³-hybridized carbons (Fsp3) is 0.412. The van der Waals surface area contributed by atoms with Gasteiger partial charge in [0.05, 0.1) is 0 Å². The summed E-state index contributed by atoms with van der Waals surface area (Å²) in [5, 5.41) is 6.70. The summed E-state index contributed by atoms with van der Waals surface area (Å²) in [7, 11) is 0. The van der Waals surface area contributed by atoms with E-state index in [1.807, 2.05) is 13.0 Å². The van der Waals surface area contributed by atoms with Crippen molar-refractivity contribution in [3.63, 3.8) is 0 Å². The summed E-state index contributed by atoms with van der Waals surface area (Å²) in [4.78, 5) is 8.98. The third-order valence-corrected chi connectivity index (χ3v) is 3.26. The van der Waals surface area contributed by atoms with Gasteiger partial charge in [0.25, 0.3) is 0 Å². The van der Waals surface area contributed by atoms with Gasteiger partial charge in [-0.2, -0.15) is 4.98 Å². The second-order valence-corrected chi connectivity index (χ2v) is 5.88. The van der Waals surface area contributed by atoms with Crippen LogP contribution in [-0.2, 0) is 0 Å². The topological polar surface area (TPSA) is 49.8 Å². The first kappa shape index (κ1) is 15.3. The molecule has 2 aromatic rings. The Morgan fingerprint density at radius 1 is 1.05 bits per heavy atom. The van der Waals surface area contributed by atoms with Crippen molar-refractivity contribution in [2.75, 3.05) is 17.2 Å². The molecule has 4 heteroatoms. The standard InChI is InChI=1S/C17H24N4/c1-11(2)10-18-17-19-14(5)9-15(21-17)20-16-12(3)7-6-8-13(16)4/h6-9,11H,10H2,1-5H3,(H2,18,19,20,21). The highest BCUT2D eigenvalue weighted by Crippen LogP contribution is 2.24. The number of aromatic nitrogens is 2. The lowest BCUT2D eigenvalue weighted by Gasteiger charge is -2.14. The third kappa shape index (κ3) is 4.18. The number of nitrogens with zero attached hydrogens (tertiary/aromatic N) is 2. The van der Waals surface area contributed by atoms with Crippen LogP contribution in [0.2, 0.25) is 0 Å². The van der Waals surface area contributed by atoms with E-state index >= 15 is 0 Å². The van der Waals surface area contributed by atoms with E-state index in [2.05, 4.69) is 66.5 Å². The molecule has 0 spiro atoms. The van der Waals surface area contributed by atoms with Crippen LogP contribution in [0.1, 0.15) is 30.7 Å². The molecule has 0 saturated carbocycles. The number of hydrogen-bond acceptors (Lipinski definition) is 4. The van der Waals surface area contributed by atoms with Crippen LogP contribution < -0.4 is 10.6 Å². The van der Waals surface area contributed by atoms with Crippen molar-refractivity contribution in [3.8, 4) is 0 Å². The molecule has 4 nitrogen and oxygen atoms in total. The smallest absolute Gasteiger partial charge is 0.224 e. The molecule has 0 radical (unpaired) electrons. The minimum absolute atomic E-state index is 0.559. The molecule has 0 aliphatic carbocycles. The van der Waals surface area contributed by atoms with Gasteiger partial charge in [0, 0.05) is 24.0 Å². The van der Waals surface area contributed by atoms with E-state index in [-0.39, 0.29) is 0 Å². The van der Waals surface area contributed by atoms with Crippen molar-refractivity contribution in [1.82, 2.24) is 9.97 Å². The van der Waals surface area contributed by atoms with Gasteiger partial charge in [-0.3, -0.25) is 0 Å². The predicted octanol–water partition coefficient (Wildman–Crippen LogP) is 4.21. The summed E-state index contributed by atoms with van der Waals surface area (Å²) in [6, 6.07) is 8.23. The SMILES string of the molecule is Cc1cc(Nc2c(C)cccc2C)nc(NCC(C)C)n1. The fourth-order valence-corrected chi connectivity index (χ4v) is 2.15. The Morgan fingerprint density at radius 2 is 1.71 bits per heavy atom. The lowest BCUT2D eigenvalue weighted by molar-refractivity contribution is 0.684. The third-order valence-electron chi connectivity index (χ3n) is 3.26. The van der Waals surface area contributed by atoms with Crippen molar-refractivity contribution in [3.05, 3.63) is 41.1 Å². The second-order valence-electron chi connectivity index (χ2n) is 5.88. The Kier molecular flexibility index (Phi) is 4.78. The molecular weight excluding hydrogens is 260 g/mol. The number of aryl methyl sites for hydroxylation is 3. The van der Waals surface area contributed by atoms with E-state index < -0.39 is 0 Å². The lowest BCUT2D eigenvalue weighted by atomic mass is 10.1. The molecular formula is C17H24N4. The van der Waals surface area contributed by atoms with Crippen molar-refractivity contribution in [2.45, 2.75) is 34.6 Å². The van der Waals surface area contributed by atoms with Gasteiger partial charge in [0.2, 0.25) is 5.95 Å². The van der Waals surface area contributed by atoms with Gasteiger partial charge in [0.1, 0.15) is 5.82 Å². The quantitative estimate of drug-likeness (QED) is 0.863. The van der Waals surface area contributed by atoms with E-state index in [4.69, 9.17) is 0 Å². The van der Waals surface area contributed by atoms with Crippen LogP contribution in [0.5, 0.6) is 0 Å². The normalized spacial score (nSPS) is 10.8. The van der Waals surface area contributed by atoms with Gasteiger partial charge in [0.15, 0.2) is 0 Å². The van der Waals surface area contributed by atoms with Crippen LogP contribution in [0.25, 0.3) is 0 Å². The van der Waals surface area contributed by atoms with E-state index in [9.17, 15) is 0 Å². The molecule has 0 aliphatic heterocycles. The average Bonchev–Trinajstić information content (AvgIpc) is 2.40. The molecule has 0 fully saturated rings. The molecule has 0 saturated heterocycles. The highest BCUT2D eigenvalue weighted by atomic mass is 15.1. The lowest BCUT2D eigenvalue weighted by Crippen LogP contribution is -2.12. The van der Waals surface area contributed by atoms with Crippen molar-refractivity contribution in [1.29, 1.82) is 0 Å². The minimum Gasteiger partial charge on any atom is -0.354 e. The molecule has 0 aliphatic rings. The zero-order chi connectivity index (χ0) is 15.4. The predicted molar refractivity (Wildman–Crippen MR) is 89.3 cm³/mol. The largest absolute Gasteiger partial charge is 0.354 e. The summed E-state index contributed by atoms with van der Waals surface area (Å²) in [5.41, 5.74) is 4.49. The summed E-state index contributed by atoms with van der Waals surface area (Å²) in [6.45, 7) is 11.4. The van der Waals surface area contributed by atoms with E-state index in [1.165, 1.54) is 11.1 Å². The number of benzene rings is 1. The van der Waals surface area contributed by atoms with Crippen LogP contribution in [0, 0.1) is 26.7 Å². The zero-order valence-electron chi connectivity index (χ0n) is 13.5. The van der Waals surface area contributed by atoms with Crippen molar-refractivity contribution < 1.29 is 0 Å². The van der Waals surface area contributed by atoms with Gasteiger partial charge in [-0.25, -0.2) is 4.98 Å². The van der Waals surface area contributed by atoms with Crippen LogP contribution in [0.4, 0.5) is 17.5 Å². The molecule has 0 bridgehead atoms. The van der Waals surface area contributed by atoms with Gasteiger partial charge < -0.3 is 10.6 Å². The Hall–Kier alpha value is -2.10. The molecule has 1 aromatic carbocycles. The Labute approximate surface area is 127 Å². The molecule has 0 atom stereocenters. The van der Waals surface area contributed by atoms with Gasteiger partial charge in [-0.1, -0.05) is 32.0 Å². The summed E-state index contributed by atoms with van der Waals surface area (Å²) >= 11 is 0. The highest BCUT2D eigenvalue weighted by molar-refractivity contribution is 5.65. The second kappa shape index (κ2) is 6.57. The first-order chi connectivity index (χ1) is 9.95. The first-order valence-electron chi connectivity index (χ1n) is 7.38. The molecule has 1 heterocycles. The Balaban J connectivity index is 2.24. The summed E-state index contributed by atoms with van der Waals surface area (Å²) in [6.07, 6.45) is 0. The maximum absolute atomic E-state index is 4.55. The Morgan fingerprint density at radius 3 is 2.33 bits per heavy atom. The molecule has 0 unspecified atom stereocenters. The Bertz CT molecular complexity index is 600. The maximum Gasteiger partial charge on any atom is 0.224 e. The average molecular weight is 284 g/mol. The van der Waals surface area contributed by atoms with E-state index in [0.29, 0.717) is 11.9 Å². The molecule has 1 aromatic heterocycles. The number of anilines is 3. The summed E-state index contributed by atoms with van der Waals surface area (Å²) in [5.74, 6) is 2.06. The number of hydrogen-bond donors (Lipinski definition) is 2. The molecule has 2 N–H and O–H groups in total.